The standard InChI is InChI=1S/C13H20N2OS/c1-10(7-12-3-2-6-17-12)15-13(16)9-14-8-11-4-5-11/h2-3,6,10-11,14H,4-5,7-9H2,1H3,(H,15,16). The van der Waals surface area contributed by atoms with Crippen LogP contribution in [0.1, 0.15) is 24.6 Å². The summed E-state index contributed by atoms with van der Waals surface area (Å²) in [6, 6.07) is 4.37. The maximum Gasteiger partial charge on any atom is 0.234 e. The minimum atomic E-state index is 0.106. The molecule has 0 aliphatic heterocycles. The van der Waals surface area contributed by atoms with Gasteiger partial charge in [0.25, 0.3) is 0 Å². The molecule has 1 aromatic heterocycles. The largest absolute Gasteiger partial charge is 0.352 e. The second kappa shape index (κ2) is 6.17. The summed E-state index contributed by atoms with van der Waals surface area (Å²) in [6.45, 7) is 3.50. The van der Waals surface area contributed by atoms with Crippen molar-refractivity contribution in [3.05, 3.63) is 22.4 Å². The van der Waals surface area contributed by atoms with Gasteiger partial charge in [0.2, 0.25) is 5.91 Å². The summed E-state index contributed by atoms with van der Waals surface area (Å²) in [6.07, 6.45) is 3.57. The Kier molecular flexibility index (Phi) is 4.57. The quantitative estimate of drug-likeness (QED) is 0.777. The Morgan fingerprint density at radius 3 is 3.06 bits per heavy atom. The van der Waals surface area contributed by atoms with Gasteiger partial charge in [-0.15, -0.1) is 11.3 Å². The van der Waals surface area contributed by atoms with Crippen molar-refractivity contribution in [2.24, 2.45) is 5.92 Å². The van der Waals surface area contributed by atoms with Gasteiger partial charge in [0, 0.05) is 17.3 Å². The summed E-state index contributed by atoms with van der Waals surface area (Å²) in [5.74, 6) is 0.932. The van der Waals surface area contributed by atoms with Gasteiger partial charge in [-0.3, -0.25) is 4.79 Å². The highest BCUT2D eigenvalue weighted by atomic mass is 32.1. The van der Waals surface area contributed by atoms with Crippen LogP contribution in [-0.2, 0) is 11.2 Å². The summed E-state index contributed by atoms with van der Waals surface area (Å²) < 4.78 is 0. The molecule has 1 aromatic rings. The molecule has 17 heavy (non-hydrogen) atoms. The second-order valence-corrected chi connectivity index (χ2v) is 5.86. The van der Waals surface area contributed by atoms with Gasteiger partial charge < -0.3 is 10.6 Å². The number of thiophene rings is 1. The highest BCUT2D eigenvalue weighted by Gasteiger charge is 2.20. The number of nitrogens with one attached hydrogen (secondary N) is 2. The molecule has 2 rings (SSSR count). The number of hydrogen-bond donors (Lipinski definition) is 2. The predicted molar refractivity (Wildman–Crippen MR) is 71.2 cm³/mol. The van der Waals surface area contributed by atoms with Gasteiger partial charge in [0.1, 0.15) is 0 Å². The zero-order chi connectivity index (χ0) is 12.1. The Labute approximate surface area is 107 Å². The molecule has 0 saturated heterocycles. The Hall–Kier alpha value is -0.870. The van der Waals surface area contributed by atoms with E-state index in [9.17, 15) is 4.79 Å². The summed E-state index contributed by atoms with van der Waals surface area (Å²) >= 11 is 1.74. The van der Waals surface area contributed by atoms with Gasteiger partial charge in [-0.1, -0.05) is 6.07 Å². The SMILES string of the molecule is CC(Cc1cccs1)NC(=O)CNCC1CC1. The molecule has 94 valence electrons. The van der Waals surface area contributed by atoms with E-state index in [4.69, 9.17) is 0 Å². The van der Waals surface area contributed by atoms with E-state index in [0.29, 0.717) is 6.54 Å². The van der Waals surface area contributed by atoms with Crippen molar-refractivity contribution in [1.29, 1.82) is 0 Å². The lowest BCUT2D eigenvalue weighted by Crippen LogP contribution is -2.40. The van der Waals surface area contributed by atoms with E-state index in [1.165, 1.54) is 17.7 Å². The third-order valence-electron chi connectivity index (χ3n) is 2.91. The highest BCUT2D eigenvalue weighted by Crippen LogP contribution is 2.27. The molecule has 2 N–H and O–H groups in total. The first kappa shape index (κ1) is 12.6. The van der Waals surface area contributed by atoms with Crippen LogP contribution < -0.4 is 10.6 Å². The molecule has 3 nitrogen and oxygen atoms in total. The van der Waals surface area contributed by atoms with Crippen molar-refractivity contribution in [2.45, 2.75) is 32.2 Å². The van der Waals surface area contributed by atoms with Crippen molar-refractivity contribution in [1.82, 2.24) is 10.6 Å². The maximum atomic E-state index is 11.6. The minimum Gasteiger partial charge on any atom is -0.352 e. The lowest BCUT2D eigenvalue weighted by Gasteiger charge is -2.13. The van der Waals surface area contributed by atoms with Crippen LogP contribution in [0.2, 0.25) is 0 Å². The molecule has 1 saturated carbocycles. The lowest BCUT2D eigenvalue weighted by atomic mass is 10.2. The van der Waals surface area contributed by atoms with Crippen LogP contribution in [-0.4, -0.2) is 25.0 Å². The predicted octanol–water partition coefficient (Wildman–Crippen LogP) is 1.79. The summed E-state index contributed by atoms with van der Waals surface area (Å²) in [4.78, 5) is 12.9. The molecule has 0 spiro atoms. The van der Waals surface area contributed by atoms with E-state index >= 15 is 0 Å². The van der Waals surface area contributed by atoms with Crippen LogP contribution in [0.3, 0.4) is 0 Å². The minimum absolute atomic E-state index is 0.106. The Morgan fingerprint density at radius 2 is 2.41 bits per heavy atom. The van der Waals surface area contributed by atoms with E-state index in [0.717, 1.165) is 18.9 Å². The zero-order valence-corrected chi connectivity index (χ0v) is 11.1. The van der Waals surface area contributed by atoms with Gasteiger partial charge in [-0.2, -0.15) is 0 Å². The fourth-order valence-electron chi connectivity index (χ4n) is 1.82. The molecule has 1 amide bonds. The van der Waals surface area contributed by atoms with Crippen LogP contribution >= 0.6 is 11.3 Å². The van der Waals surface area contributed by atoms with E-state index < -0.39 is 0 Å². The van der Waals surface area contributed by atoms with Crippen molar-refractivity contribution < 1.29 is 4.79 Å². The average molecular weight is 252 g/mol. The molecule has 1 heterocycles. The van der Waals surface area contributed by atoms with E-state index in [-0.39, 0.29) is 11.9 Å². The second-order valence-electron chi connectivity index (χ2n) is 4.83. The molecule has 0 radical (unpaired) electrons. The van der Waals surface area contributed by atoms with Crippen molar-refractivity contribution in [3.63, 3.8) is 0 Å². The third kappa shape index (κ3) is 4.88. The maximum absolute atomic E-state index is 11.6. The fourth-order valence-corrected chi connectivity index (χ4v) is 2.65. The number of carbonyl (C=O) groups is 1. The molecule has 0 bridgehead atoms. The van der Waals surface area contributed by atoms with Crippen molar-refractivity contribution in [3.8, 4) is 0 Å². The molecule has 1 aliphatic carbocycles. The monoisotopic (exact) mass is 252 g/mol. The molecular weight excluding hydrogens is 232 g/mol. The molecule has 4 heteroatoms. The molecule has 1 atom stereocenters. The van der Waals surface area contributed by atoms with Crippen molar-refractivity contribution in [2.75, 3.05) is 13.1 Å². The Morgan fingerprint density at radius 1 is 1.59 bits per heavy atom. The van der Waals surface area contributed by atoms with Gasteiger partial charge in [0.15, 0.2) is 0 Å². The third-order valence-corrected chi connectivity index (χ3v) is 3.81. The molecule has 1 aliphatic rings. The van der Waals surface area contributed by atoms with Gasteiger partial charge >= 0.3 is 0 Å². The molecule has 0 aromatic carbocycles. The van der Waals surface area contributed by atoms with E-state index in [1.807, 2.05) is 6.07 Å². The Balaban J connectivity index is 1.59. The first-order chi connectivity index (χ1) is 8.24. The smallest absolute Gasteiger partial charge is 0.234 e. The summed E-state index contributed by atoms with van der Waals surface area (Å²) in [5.41, 5.74) is 0. The first-order valence-electron chi connectivity index (χ1n) is 6.26. The van der Waals surface area contributed by atoms with Gasteiger partial charge in [-0.05, 0) is 43.7 Å². The lowest BCUT2D eigenvalue weighted by molar-refractivity contribution is -0.120. The fraction of sp³-hybridized carbons (Fsp3) is 0.615. The van der Waals surface area contributed by atoms with Crippen LogP contribution in [0.5, 0.6) is 0 Å². The topological polar surface area (TPSA) is 41.1 Å². The van der Waals surface area contributed by atoms with E-state index in [2.05, 4.69) is 29.0 Å². The number of amides is 1. The average Bonchev–Trinajstić information content (AvgIpc) is 2.95. The first-order valence-corrected chi connectivity index (χ1v) is 7.14. The van der Waals surface area contributed by atoms with Crippen LogP contribution in [0.15, 0.2) is 17.5 Å². The molecule has 1 unspecified atom stereocenters. The normalized spacial score (nSPS) is 16.8. The number of carbonyl (C=O) groups excluding carboxylic acids is 1. The summed E-state index contributed by atoms with van der Waals surface area (Å²) in [5, 5.41) is 8.29. The van der Waals surface area contributed by atoms with Crippen LogP contribution in [0.25, 0.3) is 0 Å². The van der Waals surface area contributed by atoms with Crippen LogP contribution in [0, 0.1) is 5.92 Å². The van der Waals surface area contributed by atoms with Gasteiger partial charge in [-0.25, -0.2) is 0 Å². The Bertz CT molecular complexity index is 346. The van der Waals surface area contributed by atoms with Crippen molar-refractivity contribution >= 4 is 17.2 Å². The molecule has 1 fully saturated rings. The molecular formula is C13H20N2OS. The number of hydrogen-bond acceptors (Lipinski definition) is 3. The highest BCUT2D eigenvalue weighted by molar-refractivity contribution is 7.09. The zero-order valence-electron chi connectivity index (χ0n) is 10.2. The van der Waals surface area contributed by atoms with Crippen LogP contribution in [0.4, 0.5) is 0 Å². The summed E-state index contributed by atoms with van der Waals surface area (Å²) in [7, 11) is 0. The van der Waals surface area contributed by atoms with E-state index in [1.54, 1.807) is 11.3 Å². The van der Waals surface area contributed by atoms with Gasteiger partial charge in [0.05, 0.1) is 6.54 Å². The number of rotatable bonds is 7.